The Kier molecular flexibility index (Phi) is 8.74. The number of nitrogens with zero attached hydrogens (tertiary/aromatic N) is 5. The summed E-state index contributed by atoms with van der Waals surface area (Å²) in [4.78, 5) is 21.8. The minimum atomic E-state index is 0. The number of hydrogen-bond donors (Lipinski definition) is 1. The number of amides is 1. The Morgan fingerprint density at radius 3 is 2.93 bits per heavy atom. The van der Waals surface area contributed by atoms with Crippen LogP contribution >= 0.6 is 35.3 Å². The van der Waals surface area contributed by atoms with Crippen LogP contribution in [0.2, 0.25) is 0 Å². The molecule has 3 heterocycles. The number of aryl methyl sites for hydroxylation is 1. The standard InChI is InChI=1S/C19H28N6OS.HI/c1-23(2)18(26)12-21-19(20-8-6-17-5-4-10-27-17)25-9-7-15(14-25)16-11-22-24(3)13-16;/h4-5,10-11,13,15H,6-9,12,14H2,1-3H3,(H,20,21);1H. The van der Waals surface area contributed by atoms with Crippen molar-refractivity contribution in [3.63, 3.8) is 0 Å². The Morgan fingerprint density at radius 1 is 1.46 bits per heavy atom. The number of hydrogen-bond acceptors (Lipinski definition) is 4. The van der Waals surface area contributed by atoms with Crippen LogP contribution in [0.25, 0.3) is 0 Å². The topological polar surface area (TPSA) is 65.8 Å². The molecule has 1 aliphatic heterocycles. The molecule has 2 aromatic rings. The molecule has 0 aliphatic carbocycles. The van der Waals surface area contributed by atoms with Gasteiger partial charge in [-0.1, -0.05) is 6.07 Å². The molecule has 7 nitrogen and oxygen atoms in total. The number of carbonyl (C=O) groups is 1. The summed E-state index contributed by atoms with van der Waals surface area (Å²) >= 11 is 1.77. The molecule has 1 fully saturated rings. The highest BCUT2D eigenvalue weighted by molar-refractivity contribution is 14.0. The van der Waals surface area contributed by atoms with E-state index >= 15 is 0 Å². The number of nitrogens with one attached hydrogen (secondary N) is 1. The molecule has 1 unspecified atom stereocenters. The molecule has 0 spiro atoms. The normalized spacial score (nSPS) is 16.8. The third-order valence-electron chi connectivity index (χ3n) is 4.78. The maximum atomic E-state index is 12.0. The second-order valence-electron chi connectivity index (χ2n) is 7.06. The van der Waals surface area contributed by atoms with Crippen molar-refractivity contribution in [1.29, 1.82) is 0 Å². The van der Waals surface area contributed by atoms with Crippen molar-refractivity contribution in [2.75, 3.05) is 40.3 Å². The van der Waals surface area contributed by atoms with Crippen LogP contribution < -0.4 is 5.32 Å². The minimum absolute atomic E-state index is 0. The molecule has 0 aromatic carbocycles. The van der Waals surface area contributed by atoms with Crippen molar-refractivity contribution < 1.29 is 4.79 Å². The third kappa shape index (κ3) is 6.20. The Labute approximate surface area is 187 Å². The van der Waals surface area contributed by atoms with Gasteiger partial charge in [-0.25, -0.2) is 4.99 Å². The van der Waals surface area contributed by atoms with E-state index < -0.39 is 0 Å². The van der Waals surface area contributed by atoms with E-state index in [9.17, 15) is 4.79 Å². The van der Waals surface area contributed by atoms with Gasteiger partial charge in [0.1, 0.15) is 6.54 Å². The van der Waals surface area contributed by atoms with Gasteiger partial charge in [-0.15, -0.1) is 35.3 Å². The molecule has 2 aromatic heterocycles. The van der Waals surface area contributed by atoms with E-state index in [1.54, 1.807) is 30.3 Å². The van der Waals surface area contributed by atoms with Gasteiger partial charge in [0.15, 0.2) is 5.96 Å². The Balaban J connectivity index is 0.00000280. The van der Waals surface area contributed by atoms with Crippen molar-refractivity contribution in [3.05, 3.63) is 40.3 Å². The highest BCUT2D eigenvalue weighted by Crippen LogP contribution is 2.26. The molecule has 28 heavy (non-hydrogen) atoms. The van der Waals surface area contributed by atoms with Gasteiger partial charge in [0.2, 0.25) is 5.91 Å². The van der Waals surface area contributed by atoms with Crippen LogP contribution in [0.3, 0.4) is 0 Å². The Bertz CT molecular complexity index is 773. The molecule has 0 radical (unpaired) electrons. The van der Waals surface area contributed by atoms with Gasteiger partial charge in [0.25, 0.3) is 0 Å². The Hall–Kier alpha value is -1.62. The summed E-state index contributed by atoms with van der Waals surface area (Å²) in [6.45, 7) is 2.80. The van der Waals surface area contributed by atoms with Crippen LogP contribution in [-0.2, 0) is 18.3 Å². The van der Waals surface area contributed by atoms with Crippen LogP contribution in [0.15, 0.2) is 34.9 Å². The van der Waals surface area contributed by atoms with Gasteiger partial charge in [0.05, 0.1) is 6.20 Å². The molecule has 9 heteroatoms. The number of guanidine groups is 1. The molecule has 154 valence electrons. The van der Waals surface area contributed by atoms with Gasteiger partial charge < -0.3 is 15.1 Å². The number of aliphatic imine (C=N–C) groups is 1. The van der Waals surface area contributed by atoms with Gasteiger partial charge in [0, 0.05) is 57.8 Å². The SMILES string of the molecule is CN(C)C(=O)CN=C(NCCc1cccs1)N1CCC(c2cnn(C)c2)C1.I. The maximum Gasteiger partial charge on any atom is 0.243 e. The summed E-state index contributed by atoms with van der Waals surface area (Å²) in [7, 11) is 5.47. The van der Waals surface area contributed by atoms with Crippen LogP contribution in [0.5, 0.6) is 0 Å². The summed E-state index contributed by atoms with van der Waals surface area (Å²) in [5.41, 5.74) is 1.27. The number of aromatic nitrogens is 2. The second kappa shape index (κ2) is 10.8. The number of halogens is 1. The second-order valence-corrected chi connectivity index (χ2v) is 8.10. The van der Waals surface area contributed by atoms with Crippen molar-refractivity contribution in [1.82, 2.24) is 24.9 Å². The average molecular weight is 516 g/mol. The highest BCUT2D eigenvalue weighted by atomic mass is 127. The fourth-order valence-corrected chi connectivity index (χ4v) is 3.89. The van der Waals surface area contributed by atoms with Gasteiger partial charge in [-0.05, 0) is 29.9 Å². The van der Waals surface area contributed by atoms with E-state index in [1.165, 1.54) is 10.4 Å². The molecule has 1 aliphatic rings. The summed E-state index contributed by atoms with van der Waals surface area (Å²) in [6, 6.07) is 4.22. The lowest BCUT2D eigenvalue weighted by Crippen LogP contribution is -2.41. The fraction of sp³-hybridized carbons (Fsp3) is 0.526. The first-order chi connectivity index (χ1) is 13.0. The molecular formula is C19H29IN6OS. The molecule has 0 saturated carbocycles. The summed E-state index contributed by atoms with van der Waals surface area (Å²) < 4.78 is 1.85. The first-order valence-corrected chi connectivity index (χ1v) is 10.1. The van der Waals surface area contributed by atoms with Crippen molar-refractivity contribution in [3.8, 4) is 0 Å². The zero-order valence-corrected chi connectivity index (χ0v) is 19.8. The van der Waals surface area contributed by atoms with Gasteiger partial charge in [-0.3, -0.25) is 9.48 Å². The third-order valence-corrected chi connectivity index (χ3v) is 5.72. The zero-order valence-electron chi connectivity index (χ0n) is 16.7. The summed E-state index contributed by atoms with van der Waals surface area (Å²) in [6.07, 6.45) is 6.06. The lowest BCUT2D eigenvalue weighted by atomic mass is 10.0. The number of likely N-dealkylation sites (tertiary alicyclic amines) is 1. The smallest absolute Gasteiger partial charge is 0.243 e. The van der Waals surface area contributed by atoms with E-state index in [4.69, 9.17) is 0 Å². The predicted octanol–water partition coefficient (Wildman–Crippen LogP) is 2.17. The quantitative estimate of drug-likeness (QED) is 0.363. The van der Waals surface area contributed by atoms with E-state index in [1.807, 2.05) is 17.9 Å². The van der Waals surface area contributed by atoms with Crippen molar-refractivity contribution in [2.45, 2.75) is 18.8 Å². The lowest BCUT2D eigenvalue weighted by Gasteiger charge is -2.22. The average Bonchev–Trinajstić information content (AvgIpc) is 3.38. The van der Waals surface area contributed by atoms with E-state index in [0.717, 1.165) is 38.4 Å². The molecule has 1 N–H and O–H groups in total. The van der Waals surface area contributed by atoms with E-state index in [0.29, 0.717) is 5.92 Å². The number of rotatable bonds is 6. The van der Waals surface area contributed by atoms with Crippen LogP contribution in [0.4, 0.5) is 0 Å². The summed E-state index contributed by atoms with van der Waals surface area (Å²) in [5, 5.41) is 9.85. The minimum Gasteiger partial charge on any atom is -0.356 e. The van der Waals surface area contributed by atoms with Crippen LogP contribution in [-0.4, -0.2) is 71.7 Å². The highest BCUT2D eigenvalue weighted by Gasteiger charge is 2.27. The largest absolute Gasteiger partial charge is 0.356 e. The molecule has 3 rings (SSSR count). The maximum absolute atomic E-state index is 12.0. The van der Waals surface area contributed by atoms with Crippen molar-refractivity contribution >= 4 is 47.2 Å². The van der Waals surface area contributed by atoms with Gasteiger partial charge in [-0.2, -0.15) is 5.10 Å². The number of carbonyl (C=O) groups excluding carboxylic acids is 1. The lowest BCUT2D eigenvalue weighted by molar-refractivity contribution is -0.127. The molecular weight excluding hydrogens is 487 g/mol. The van der Waals surface area contributed by atoms with Gasteiger partial charge >= 0.3 is 0 Å². The molecule has 1 atom stereocenters. The first-order valence-electron chi connectivity index (χ1n) is 9.27. The fourth-order valence-electron chi connectivity index (χ4n) is 3.18. The molecule has 1 saturated heterocycles. The van der Waals surface area contributed by atoms with E-state index in [2.05, 4.69) is 44.0 Å². The monoisotopic (exact) mass is 516 g/mol. The number of thiophene rings is 1. The van der Waals surface area contributed by atoms with E-state index in [-0.39, 0.29) is 36.4 Å². The zero-order chi connectivity index (χ0) is 19.2. The molecule has 0 bridgehead atoms. The Morgan fingerprint density at radius 2 is 2.29 bits per heavy atom. The van der Waals surface area contributed by atoms with Crippen molar-refractivity contribution in [2.24, 2.45) is 12.0 Å². The number of likely N-dealkylation sites (N-methyl/N-ethyl adjacent to an activating group) is 1. The first kappa shape index (κ1) is 22.7. The molecule has 1 amide bonds. The van der Waals surface area contributed by atoms with Crippen LogP contribution in [0, 0.1) is 0 Å². The summed E-state index contributed by atoms with van der Waals surface area (Å²) in [5.74, 6) is 1.29. The van der Waals surface area contributed by atoms with Crippen LogP contribution in [0.1, 0.15) is 22.8 Å². The predicted molar refractivity (Wildman–Crippen MR) is 125 cm³/mol.